The molecule has 0 saturated heterocycles. The zero-order valence-corrected chi connectivity index (χ0v) is 20.1. The maximum absolute atomic E-state index is 13.6. The lowest BCUT2D eigenvalue weighted by Crippen LogP contribution is -2.45. The zero-order chi connectivity index (χ0) is 23.7. The van der Waals surface area contributed by atoms with Crippen LogP contribution in [0.2, 0.25) is 0 Å². The molecule has 0 spiro atoms. The van der Waals surface area contributed by atoms with Crippen LogP contribution in [-0.4, -0.2) is 11.7 Å². The van der Waals surface area contributed by atoms with E-state index in [0.29, 0.717) is 29.9 Å². The van der Waals surface area contributed by atoms with Crippen molar-refractivity contribution in [2.24, 2.45) is 5.92 Å². The lowest BCUT2D eigenvalue weighted by Gasteiger charge is -2.37. The number of aromatic nitrogens is 2. The highest BCUT2D eigenvalue weighted by Crippen LogP contribution is 2.46. The van der Waals surface area contributed by atoms with E-state index in [-0.39, 0.29) is 17.6 Å². The molecule has 170 valence electrons. The standard InChI is InChI=1S/C27H23BrN4O2/c1-16-24(27(34)32-23-11-10-19(28)15-30-23)26(20-9-5-6-12-29-20)25-21(31-16)13-18(14-22(25)33)17-7-3-2-4-8-17/h2-12,15,18,24,26,31H,1,13-14H2,(H,30,32,34)/p+2. The summed E-state index contributed by atoms with van der Waals surface area (Å²) in [6, 6.07) is 19.5. The summed E-state index contributed by atoms with van der Waals surface area (Å²) in [6.07, 6.45) is 4.68. The Hall–Kier alpha value is -3.58. The summed E-state index contributed by atoms with van der Waals surface area (Å²) in [5, 5.41) is 6.30. The molecule has 3 unspecified atom stereocenters. The van der Waals surface area contributed by atoms with Crippen molar-refractivity contribution in [3.05, 3.63) is 112 Å². The number of anilines is 1. The van der Waals surface area contributed by atoms with Crippen molar-refractivity contribution < 1.29 is 19.6 Å². The second-order valence-corrected chi connectivity index (χ2v) is 9.58. The van der Waals surface area contributed by atoms with Crippen LogP contribution in [0, 0.1) is 5.92 Å². The van der Waals surface area contributed by atoms with Crippen molar-refractivity contribution in [3.8, 4) is 0 Å². The number of aromatic amines is 2. The molecule has 1 aliphatic heterocycles. The van der Waals surface area contributed by atoms with Gasteiger partial charge in [-0.1, -0.05) is 43.0 Å². The van der Waals surface area contributed by atoms with Crippen LogP contribution < -0.4 is 20.6 Å². The van der Waals surface area contributed by atoms with Gasteiger partial charge in [-0.15, -0.1) is 0 Å². The minimum atomic E-state index is -0.660. The Balaban J connectivity index is 1.53. The van der Waals surface area contributed by atoms with Gasteiger partial charge in [-0.3, -0.25) is 4.79 Å². The van der Waals surface area contributed by atoms with E-state index < -0.39 is 11.8 Å². The molecular formula is C27H25BrN4O2+2. The Morgan fingerprint density at radius 1 is 1.03 bits per heavy atom. The van der Waals surface area contributed by atoms with E-state index in [4.69, 9.17) is 0 Å². The molecule has 1 aromatic carbocycles. The summed E-state index contributed by atoms with van der Waals surface area (Å²) >= 11 is 3.39. The predicted octanol–water partition coefficient (Wildman–Crippen LogP) is 3.93. The number of rotatable bonds is 4. The topological polar surface area (TPSA) is 86.5 Å². The number of hydrogen-bond acceptors (Lipinski definition) is 3. The number of hydrogen-bond donors (Lipinski definition) is 2. The summed E-state index contributed by atoms with van der Waals surface area (Å²) in [4.78, 5) is 33.4. The van der Waals surface area contributed by atoms with Gasteiger partial charge in [0.05, 0.1) is 10.4 Å². The molecule has 0 saturated carbocycles. The van der Waals surface area contributed by atoms with E-state index in [1.54, 1.807) is 12.3 Å². The number of carbonyl (C=O) groups excluding carboxylic acids is 2. The SMILES string of the molecule is C=C1NC2=C(C(=O)CC(c3ccccc3)C2)C(c2cccc[nH+]2)C1C(=O)Nc1ccc(Br)c[nH+]1. The van der Waals surface area contributed by atoms with Gasteiger partial charge in [0.2, 0.25) is 0 Å². The Bertz CT molecular complexity index is 1270. The van der Waals surface area contributed by atoms with Crippen LogP contribution in [0.1, 0.15) is 35.9 Å². The quantitative estimate of drug-likeness (QED) is 0.550. The zero-order valence-electron chi connectivity index (χ0n) is 18.5. The fourth-order valence-electron chi connectivity index (χ4n) is 4.95. The highest BCUT2D eigenvalue weighted by molar-refractivity contribution is 9.10. The minimum Gasteiger partial charge on any atom is -0.362 e. The molecule has 0 fully saturated rings. The molecule has 2 aromatic heterocycles. The summed E-state index contributed by atoms with van der Waals surface area (Å²) in [6.45, 7) is 4.21. The van der Waals surface area contributed by atoms with Crippen LogP contribution >= 0.6 is 15.9 Å². The summed E-state index contributed by atoms with van der Waals surface area (Å²) in [5.41, 5.74) is 4.06. The molecular weight excluding hydrogens is 492 g/mol. The van der Waals surface area contributed by atoms with Crippen molar-refractivity contribution >= 4 is 33.4 Å². The molecule has 3 aromatic rings. The van der Waals surface area contributed by atoms with Crippen molar-refractivity contribution in [3.63, 3.8) is 0 Å². The Kier molecular flexibility index (Phi) is 6.11. The van der Waals surface area contributed by atoms with E-state index >= 15 is 0 Å². The Morgan fingerprint density at radius 2 is 1.82 bits per heavy atom. The third kappa shape index (κ3) is 4.31. The first kappa shape index (κ1) is 22.2. The van der Waals surface area contributed by atoms with E-state index in [1.165, 1.54) is 0 Å². The number of nitrogens with one attached hydrogen (secondary N) is 4. The predicted molar refractivity (Wildman–Crippen MR) is 131 cm³/mol. The van der Waals surface area contributed by atoms with E-state index in [2.05, 4.69) is 55.2 Å². The average molecular weight is 517 g/mol. The number of carbonyl (C=O) groups is 2. The number of H-pyrrole nitrogens is 2. The van der Waals surface area contributed by atoms with Crippen molar-refractivity contribution in [1.29, 1.82) is 0 Å². The van der Waals surface area contributed by atoms with Crippen molar-refractivity contribution in [2.75, 3.05) is 5.32 Å². The number of allylic oxidation sites excluding steroid dienone is 2. The van der Waals surface area contributed by atoms with Crippen molar-refractivity contribution in [1.82, 2.24) is 5.32 Å². The van der Waals surface area contributed by atoms with E-state index in [0.717, 1.165) is 21.4 Å². The molecule has 0 radical (unpaired) electrons. The molecule has 0 bridgehead atoms. The second kappa shape index (κ2) is 9.35. The molecule has 3 atom stereocenters. The largest absolute Gasteiger partial charge is 0.362 e. The van der Waals surface area contributed by atoms with Gasteiger partial charge in [-0.2, -0.15) is 0 Å². The van der Waals surface area contributed by atoms with Crippen LogP contribution in [0.15, 0.2) is 101 Å². The van der Waals surface area contributed by atoms with Gasteiger partial charge in [0.25, 0.3) is 5.82 Å². The number of benzene rings is 1. The Morgan fingerprint density at radius 3 is 2.53 bits per heavy atom. The van der Waals surface area contributed by atoms with Crippen LogP contribution in [0.3, 0.4) is 0 Å². The molecule has 2 aliphatic rings. The van der Waals surface area contributed by atoms with E-state index in [9.17, 15) is 9.59 Å². The molecule has 34 heavy (non-hydrogen) atoms. The lowest BCUT2D eigenvalue weighted by molar-refractivity contribution is -0.392. The minimum absolute atomic E-state index is 0.0605. The highest BCUT2D eigenvalue weighted by atomic mass is 79.9. The molecule has 3 heterocycles. The average Bonchev–Trinajstić information content (AvgIpc) is 2.85. The fraction of sp³-hybridized carbons (Fsp3) is 0.185. The first-order chi connectivity index (χ1) is 16.5. The highest BCUT2D eigenvalue weighted by Gasteiger charge is 2.48. The van der Waals surface area contributed by atoms with Gasteiger partial charge >= 0.3 is 5.91 Å². The number of halogens is 1. The molecule has 7 heteroatoms. The third-order valence-electron chi connectivity index (χ3n) is 6.49. The van der Waals surface area contributed by atoms with Crippen LogP contribution in [0.5, 0.6) is 0 Å². The first-order valence-electron chi connectivity index (χ1n) is 11.2. The van der Waals surface area contributed by atoms with Crippen LogP contribution in [0.25, 0.3) is 0 Å². The second-order valence-electron chi connectivity index (χ2n) is 8.66. The van der Waals surface area contributed by atoms with Gasteiger partial charge < -0.3 is 5.32 Å². The van der Waals surface area contributed by atoms with Gasteiger partial charge in [0.1, 0.15) is 12.1 Å². The Labute approximate surface area is 206 Å². The first-order valence-corrected chi connectivity index (χ1v) is 12.0. The number of Topliss-reactive ketones (excluding diaryl/α,β-unsaturated/α-hetero) is 1. The van der Waals surface area contributed by atoms with Gasteiger partial charge in [-0.05, 0) is 39.9 Å². The summed E-state index contributed by atoms with van der Waals surface area (Å²) in [7, 11) is 0. The van der Waals surface area contributed by atoms with Gasteiger partial charge in [-0.25, -0.2) is 20.1 Å². The summed E-state index contributed by atoms with van der Waals surface area (Å²) in [5.74, 6) is -0.629. The molecule has 1 amide bonds. The van der Waals surface area contributed by atoms with Gasteiger partial charge in [0, 0.05) is 41.6 Å². The smallest absolute Gasteiger partial charge is 0.317 e. The van der Waals surface area contributed by atoms with Crippen LogP contribution in [0.4, 0.5) is 5.82 Å². The van der Waals surface area contributed by atoms with Crippen LogP contribution in [-0.2, 0) is 9.59 Å². The maximum Gasteiger partial charge on any atom is 0.317 e. The third-order valence-corrected chi connectivity index (χ3v) is 6.99. The molecule has 6 nitrogen and oxygen atoms in total. The lowest BCUT2D eigenvalue weighted by atomic mass is 9.70. The molecule has 5 rings (SSSR count). The molecule has 4 N–H and O–H groups in total. The van der Waals surface area contributed by atoms with Crippen molar-refractivity contribution in [2.45, 2.75) is 24.7 Å². The molecule has 1 aliphatic carbocycles. The normalized spacial score (nSPS) is 22.1. The summed E-state index contributed by atoms with van der Waals surface area (Å²) < 4.78 is 0.876. The number of ketones is 1. The maximum atomic E-state index is 13.6. The monoisotopic (exact) mass is 516 g/mol. The van der Waals surface area contributed by atoms with E-state index in [1.807, 2.05) is 48.7 Å². The number of pyridine rings is 2. The fourth-order valence-corrected chi connectivity index (χ4v) is 5.20. The number of amides is 1. The van der Waals surface area contributed by atoms with Gasteiger partial charge in [0.15, 0.2) is 17.7 Å².